The number of nitrogens with one attached hydrogen (secondary N) is 2. The molecule has 0 bridgehead atoms. The number of aromatic nitrogens is 3. The molecule has 1 amide bonds. The van der Waals surface area contributed by atoms with Crippen molar-refractivity contribution >= 4 is 23.5 Å². The second-order valence-electron chi connectivity index (χ2n) is 6.76. The number of aromatic amines is 1. The molecule has 8 nitrogen and oxygen atoms in total. The number of benzene rings is 1. The number of carbonyl (C=O) groups excluding carboxylic acids is 1. The second-order valence-corrected chi connectivity index (χ2v) is 7.19. The van der Waals surface area contributed by atoms with Crippen molar-refractivity contribution in [2.24, 2.45) is 5.73 Å². The van der Waals surface area contributed by atoms with Crippen LogP contribution in [0.15, 0.2) is 36.7 Å². The molecule has 6 N–H and O–H groups in total. The average molecular weight is 518 g/mol. The van der Waals surface area contributed by atoms with Gasteiger partial charge in [-0.3, -0.25) is 4.79 Å². The number of hydrogen-bond donors (Lipinski definition) is 4. The molecule has 0 aliphatic carbocycles. The van der Waals surface area contributed by atoms with E-state index >= 15 is 0 Å². The molecule has 3 aromatic rings. The zero-order valence-corrected chi connectivity index (χ0v) is 22.8. The van der Waals surface area contributed by atoms with Crippen molar-refractivity contribution < 1.29 is 69.7 Å². The largest absolute Gasteiger partial charge is 1.00 e. The van der Waals surface area contributed by atoms with E-state index in [0.29, 0.717) is 35.8 Å². The molecular weight excluding hydrogens is 493 g/mol. The van der Waals surface area contributed by atoms with Gasteiger partial charge in [0.15, 0.2) is 0 Å². The van der Waals surface area contributed by atoms with Crippen LogP contribution in [0.2, 0.25) is 5.02 Å². The molecule has 1 aromatic carbocycles. The Kier molecular flexibility index (Phi) is 14.0. The van der Waals surface area contributed by atoms with Crippen LogP contribution < -0.4 is 68.2 Å². The molecule has 0 saturated carbocycles. The number of H-pyrrole nitrogens is 1. The molecule has 12 heteroatoms. The van der Waals surface area contributed by atoms with E-state index in [2.05, 4.69) is 31.9 Å². The predicted molar refractivity (Wildman–Crippen MR) is 123 cm³/mol. The first kappa shape index (κ1) is 30.6. The summed E-state index contributed by atoms with van der Waals surface area (Å²) in [6, 6.07) is 5.10. The number of rotatable bonds is 8. The molecule has 0 aliphatic heterocycles. The standard InChI is InChI=1S/C18H18ClFN6O.C4H7FO.K/c1-9-7-24-18(22)26-16(9)11-4-14(23-8-11)17(27)25-15(6-21)10-2-12(19)5-13(20)3-10;1-2-6-4-3-5;/h2-5,7-8,15,23H,6,21H2,1H3,(H,25,27)(H2,22,24,26);3H,1-2,4H2;/q;-2;+1. The molecular formula is C22H25ClF2KN6O2-. The number of hydrogen-bond acceptors (Lipinski definition) is 6. The van der Waals surface area contributed by atoms with E-state index < -0.39 is 17.8 Å². The normalized spacial score (nSPS) is 11.1. The van der Waals surface area contributed by atoms with Crippen molar-refractivity contribution in [3.63, 3.8) is 0 Å². The van der Waals surface area contributed by atoms with Crippen LogP contribution in [-0.4, -0.2) is 40.6 Å². The maximum atomic E-state index is 13.6. The van der Waals surface area contributed by atoms with E-state index in [-0.39, 0.29) is 75.5 Å². The summed E-state index contributed by atoms with van der Waals surface area (Å²) in [5.41, 5.74) is 14.3. The molecule has 34 heavy (non-hydrogen) atoms. The predicted octanol–water partition coefficient (Wildman–Crippen LogP) is 0.557. The van der Waals surface area contributed by atoms with Crippen molar-refractivity contribution in [1.82, 2.24) is 20.3 Å². The molecule has 0 aliphatic rings. The Bertz CT molecular complexity index is 1050. The number of nitrogens with zero attached hydrogens (tertiary/aromatic N) is 2. The summed E-state index contributed by atoms with van der Waals surface area (Å²) in [7, 11) is 0. The fourth-order valence-corrected chi connectivity index (χ4v) is 3.06. The fourth-order valence-electron chi connectivity index (χ4n) is 2.83. The van der Waals surface area contributed by atoms with Crippen molar-refractivity contribution in [1.29, 1.82) is 0 Å². The summed E-state index contributed by atoms with van der Waals surface area (Å²) in [5.74, 6) is -0.741. The van der Waals surface area contributed by atoms with Crippen LogP contribution in [0.4, 0.5) is 14.7 Å². The third kappa shape index (κ3) is 9.31. The molecule has 2 heterocycles. The van der Waals surface area contributed by atoms with Crippen LogP contribution in [0.1, 0.15) is 27.7 Å². The number of nitrogen functional groups attached to an aromatic ring is 1. The Morgan fingerprint density at radius 2 is 2.12 bits per heavy atom. The van der Waals surface area contributed by atoms with Gasteiger partial charge < -0.3 is 37.8 Å². The van der Waals surface area contributed by atoms with E-state index in [1.807, 2.05) is 6.92 Å². The summed E-state index contributed by atoms with van der Waals surface area (Å²) in [5, 5.41) is 3.00. The Morgan fingerprint density at radius 3 is 2.71 bits per heavy atom. The molecule has 1 unspecified atom stereocenters. The first-order valence-corrected chi connectivity index (χ1v) is 10.2. The minimum Gasteiger partial charge on any atom is -0.457 e. The van der Waals surface area contributed by atoms with Crippen LogP contribution in [-0.2, 0) is 4.74 Å². The maximum Gasteiger partial charge on any atom is 1.00 e. The topological polar surface area (TPSA) is 132 Å². The third-order valence-electron chi connectivity index (χ3n) is 4.34. The Labute approximate surface area is 244 Å². The van der Waals surface area contributed by atoms with Gasteiger partial charge in [0.1, 0.15) is 11.5 Å². The summed E-state index contributed by atoms with van der Waals surface area (Å²) in [6.07, 6.45) is 3.27. The minimum absolute atomic E-state index is 0. The van der Waals surface area contributed by atoms with Gasteiger partial charge in [-0.05, 0) is 42.3 Å². The van der Waals surface area contributed by atoms with Crippen LogP contribution in [0.25, 0.3) is 11.3 Å². The second kappa shape index (κ2) is 15.5. The minimum atomic E-state index is -0.589. The first-order chi connectivity index (χ1) is 15.8. The number of halogens is 3. The van der Waals surface area contributed by atoms with Crippen LogP contribution >= 0.6 is 11.6 Å². The van der Waals surface area contributed by atoms with Gasteiger partial charge in [-0.1, -0.05) is 24.8 Å². The monoisotopic (exact) mass is 517 g/mol. The number of nitrogens with two attached hydrogens (primary N) is 2. The fraction of sp³-hybridized carbons (Fsp3) is 0.227. The number of ether oxygens (including phenoxy) is 1. The molecule has 3 rings (SSSR count). The smallest absolute Gasteiger partial charge is 0.457 e. The number of amides is 1. The Balaban J connectivity index is 0.000000735. The van der Waals surface area contributed by atoms with Crippen LogP contribution in [0, 0.1) is 26.3 Å². The zero-order chi connectivity index (χ0) is 24.4. The van der Waals surface area contributed by atoms with E-state index in [4.69, 9.17) is 23.1 Å². The molecule has 178 valence electrons. The van der Waals surface area contributed by atoms with Crippen LogP contribution in [0.3, 0.4) is 0 Å². The van der Waals surface area contributed by atoms with Crippen molar-refractivity contribution in [3.05, 3.63) is 77.9 Å². The maximum absolute atomic E-state index is 13.6. The van der Waals surface area contributed by atoms with Gasteiger partial charge in [0.25, 0.3) is 5.91 Å². The summed E-state index contributed by atoms with van der Waals surface area (Å²) < 4.78 is 28.9. The number of carbonyl (C=O) groups is 1. The van der Waals surface area contributed by atoms with Crippen molar-refractivity contribution in [2.75, 3.05) is 25.5 Å². The van der Waals surface area contributed by atoms with Crippen molar-refractivity contribution in [2.45, 2.75) is 13.0 Å². The Morgan fingerprint density at radius 1 is 1.38 bits per heavy atom. The van der Waals surface area contributed by atoms with E-state index in [0.717, 1.165) is 5.56 Å². The number of anilines is 1. The van der Waals surface area contributed by atoms with E-state index in [9.17, 15) is 13.6 Å². The summed E-state index contributed by atoms with van der Waals surface area (Å²) in [4.78, 5) is 23.6. The number of aryl methyl sites for hydroxylation is 1. The van der Waals surface area contributed by atoms with Gasteiger partial charge in [0.05, 0.1) is 11.7 Å². The summed E-state index contributed by atoms with van der Waals surface area (Å²) >= 11 is 5.88. The van der Waals surface area contributed by atoms with E-state index in [1.54, 1.807) is 24.5 Å². The average Bonchev–Trinajstić information content (AvgIpc) is 3.27. The van der Waals surface area contributed by atoms with Gasteiger partial charge in [0, 0.05) is 29.5 Å². The van der Waals surface area contributed by atoms with E-state index in [1.165, 1.54) is 12.1 Å². The third-order valence-corrected chi connectivity index (χ3v) is 4.56. The Hall–Kier alpha value is -1.44. The zero-order valence-electron chi connectivity index (χ0n) is 18.9. The molecule has 0 saturated heterocycles. The van der Waals surface area contributed by atoms with Gasteiger partial charge in [0.2, 0.25) is 5.95 Å². The first-order valence-electron chi connectivity index (χ1n) is 9.82. The SMILES string of the molecule is Cc1cnc(N)nc1-c1c[nH]c(C(=O)NC(CN)c2cc(F)cc(Cl)c2)c1.[CH2-]COC[CH-]F.[K+]. The molecule has 0 radical (unpaired) electrons. The summed E-state index contributed by atoms with van der Waals surface area (Å²) in [6.45, 7) is 6.09. The van der Waals surface area contributed by atoms with Crippen molar-refractivity contribution in [3.8, 4) is 11.3 Å². The molecule has 0 fully saturated rings. The van der Waals surface area contributed by atoms with Gasteiger partial charge in [-0.15, -0.1) is 6.67 Å². The quantitative estimate of drug-likeness (QED) is 0.196. The van der Waals surface area contributed by atoms with Gasteiger partial charge >= 0.3 is 51.4 Å². The molecule has 0 spiro atoms. The molecule has 1 atom stereocenters. The van der Waals surface area contributed by atoms with Gasteiger partial charge in [-0.25, -0.2) is 14.4 Å². The molecule has 2 aromatic heterocycles. The van der Waals surface area contributed by atoms with Gasteiger partial charge in [-0.2, -0.15) is 0 Å². The van der Waals surface area contributed by atoms with Crippen LogP contribution in [0.5, 0.6) is 0 Å².